The van der Waals surface area contributed by atoms with Crippen LogP contribution in [-0.4, -0.2) is 25.2 Å². The van der Waals surface area contributed by atoms with E-state index in [-0.39, 0.29) is 11.9 Å². The first-order valence-electron chi connectivity index (χ1n) is 7.49. The van der Waals surface area contributed by atoms with E-state index >= 15 is 0 Å². The van der Waals surface area contributed by atoms with Crippen molar-refractivity contribution in [2.24, 2.45) is 5.73 Å². The quantitative estimate of drug-likeness (QED) is 0.831. The van der Waals surface area contributed by atoms with Gasteiger partial charge in [0.25, 0.3) is 0 Å². The molecule has 2 heterocycles. The van der Waals surface area contributed by atoms with Crippen molar-refractivity contribution < 1.29 is 14.3 Å². The van der Waals surface area contributed by atoms with Gasteiger partial charge in [0.05, 0.1) is 6.04 Å². The van der Waals surface area contributed by atoms with Gasteiger partial charge in [0.2, 0.25) is 5.91 Å². The summed E-state index contributed by atoms with van der Waals surface area (Å²) in [5, 5.41) is 1.02. The highest BCUT2D eigenvalue weighted by molar-refractivity contribution is 6.35. The molecule has 24 heavy (non-hydrogen) atoms. The average Bonchev–Trinajstić information content (AvgIpc) is 2.59. The molecule has 2 atom stereocenters. The summed E-state index contributed by atoms with van der Waals surface area (Å²) in [4.78, 5) is 14.0. The summed E-state index contributed by atoms with van der Waals surface area (Å²) in [6.45, 7) is 0.999. The number of benzene rings is 2. The van der Waals surface area contributed by atoms with Crippen molar-refractivity contribution in [2.75, 3.05) is 18.1 Å². The minimum absolute atomic E-state index is 0.164. The molecule has 2 aromatic rings. The van der Waals surface area contributed by atoms with Crippen LogP contribution in [0.2, 0.25) is 10.0 Å². The van der Waals surface area contributed by atoms with E-state index in [1.54, 1.807) is 35.2 Å². The van der Waals surface area contributed by atoms with Crippen molar-refractivity contribution in [2.45, 2.75) is 12.1 Å². The van der Waals surface area contributed by atoms with E-state index in [0.29, 0.717) is 40.4 Å². The molecule has 2 aliphatic rings. The first kappa shape index (κ1) is 15.6. The van der Waals surface area contributed by atoms with Crippen LogP contribution in [0.15, 0.2) is 36.4 Å². The van der Waals surface area contributed by atoms with Crippen LogP contribution in [0.25, 0.3) is 0 Å². The Kier molecular flexibility index (Phi) is 3.79. The summed E-state index contributed by atoms with van der Waals surface area (Å²) in [5.74, 6) is 1.12. The number of carbonyl (C=O) groups is 1. The van der Waals surface area contributed by atoms with Crippen LogP contribution in [0.3, 0.4) is 0 Å². The third-order valence-electron chi connectivity index (χ3n) is 4.23. The summed E-state index contributed by atoms with van der Waals surface area (Å²) in [7, 11) is 0. The van der Waals surface area contributed by atoms with E-state index < -0.39 is 6.04 Å². The van der Waals surface area contributed by atoms with Gasteiger partial charge >= 0.3 is 0 Å². The minimum Gasteiger partial charge on any atom is -0.486 e. The highest BCUT2D eigenvalue weighted by Gasteiger charge is 2.47. The molecule has 2 aromatic carbocycles. The van der Waals surface area contributed by atoms with Gasteiger partial charge in [0, 0.05) is 21.8 Å². The fraction of sp³-hybridized carbons (Fsp3) is 0.235. The Morgan fingerprint density at radius 2 is 1.79 bits per heavy atom. The van der Waals surface area contributed by atoms with Gasteiger partial charge in [-0.05, 0) is 29.8 Å². The van der Waals surface area contributed by atoms with Crippen molar-refractivity contribution in [1.29, 1.82) is 0 Å². The molecule has 4 rings (SSSR count). The molecule has 5 nitrogen and oxygen atoms in total. The zero-order valence-electron chi connectivity index (χ0n) is 12.5. The van der Waals surface area contributed by atoms with Crippen molar-refractivity contribution in [3.05, 3.63) is 52.0 Å². The molecule has 7 heteroatoms. The first-order chi connectivity index (χ1) is 11.6. The van der Waals surface area contributed by atoms with Crippen LogP contribution in [0.5, 0.6) is 11.5 Å². The highest BCUT2D eigenvalue weighted by atomic mass is 35.5. The Hall–Kier alpha value is -1.95. The predicted molar refractivity (Wildman–Crippen MR) is 92.1 cm³/mol. The second-order valence-electron chi connectivity index (χ2n) is 5.67. The summed E-state index contributed by atoms with van der Waals surface area (Å²) in [5.41, 5.74) is 7.49. The molecule has 0 spiro atoms. The van der Waals surface area contributed by atoms with Gasteiger partial charge in [0.15, 0.2) is 11.5 Å². The van der Waals surface area contributed by atoms with Gasteiger partial charge < -0.3 is 20.1 Å². The zero-order chi connectivity index (χ0) is 16.8. The molecule has 2 aliphatic heterocycles. The number of β-lactam (4-membered cyclic amide) rings is 1. The average molecular weight is 365 g/mol. The van der Waals surface area contributed by atoms with Crippen LogP contribution >= 0.6 is 23.2 Å². The van der Waals surface area contributed by atoms with Gasteiger partial charge in [-0.25, -0.2) is 0 Å². The van der Waals surface area contributed by atoms with Crippen LogP contribution in [0, 0.1) is 0 Å². The van der Waals surface area contributed by atoms with Crippen LogP contribution in [0.1, 0.15) is 11.6 Å². The molecule has 0 radical (unpaired) electrons. The van der Waals surface area contributed by atoms with Crippen molar-refractivity contribution in [3.63, 3.8) is 0 Å². The molecule has 0 saturated carbocycles. The smallest absolute Gasteiger partial charge is 0.247 e. The number of nitrogens with zero attached hydrogens (tertiary/aromatic N) is 1. The molecule has 1 amide bonds. The van der Waals surface area contributed by atoms with E-state index in [0.717, 1.165) is 5.56 Å². The summed E-state index contributed by atoms with van der Waals surface area (Å²) >= 11 is 12.2. The zero-order valence-corrected chi connectivity index (χ0v) is 14.1. The molecular formula is C17H14Cl2N2O3. The lowest BCUT2D eigenvalue weighted by Gasteiger charge is -2.46. The number of amides is 1. The maximum absolute atomic E-state index is 12.4. The molecule has 0 aromatic heterocycles. The SMILES string of the molecule is N[C@@H]1C(=O)N(c2ccc3c(c2)OCCO3)[C@H]1c1ccc(Cl)cc1Cl. The molecule has 1 fully saturated rings. The van der Waals surface area contributed by atoms with Crippen molar-refractivity contribution in [1.82, 2.24) is 0 Å². The second-order valence-corrected chi connectivity index (χ2v) is 6.52. The van der Waals surface area contributed by atoms with E-state index in [9.17, 15) is 4.79 Å². The van der Waals surface area contributed by atoms with E-state index in [1.165, 1.54) is 0 Å². The Morgan fingerprint density at radius 3 is 2.54 bits per heavy atom. The summed E-state index contributed by atoms with van der Waals surface area (Å²) < 4.78 is 11.1. The topological polar surface area (TPSA) is 64.8 Å². The van der Waals surface area contributed by atoms with Gasteiger partial charge in [-0.15, -0.1) is 0 Å². The number of fused-ring (bicyclic) bond motifs is 1. The standard InChI is InChI=1S/C17H14Cl2N2O3/c18-9-1-3-11(12(19)7-9)16-15(20)17(22)21(16)10-2-4-13-14(8-10)24-6-5-23-13/h1-4,7-8,15-16H,5-6,20H2/t15-,16-/m0/s1. The fourth-order valence-corrected chi connectivity index (χ4v) is 3.58. The van der Waals surface area contributed by atoms with Gasteiger partial charge in [-0.3, -0.25) is 4.79 Å². The number of halogens is 2. The summed E-state index contributed by atoms with van der Waals surface area (Å²) in [6, 6.07) is 9.59. The highest BCUT2D eigenvalue weighted by Crippen LogP contribution is 2.44. The Labute approximate surface area is 148 Å². The van der Waals surface area contributed by atoms with E-state index in [1.807, 2.05) is 6.07 Å². The Morgan fingerprint density at radius 1 is 1.04 bits per heavy atom. The lowest BCUT2D eigenvalue weighted by molar-refractivity contribution is -0.126. The van der Waals surface area contributed by atoms with E-state index in [2.05, 4.69) is 0 Å². The third-order valence-corrected chi connectivity index (χ3v) is 4.79. The van der Waals surface area contributed by atoms with Crippen LogP contribution in [0.4, 0.5) is 5.69 Å². The van der Waals surface area contributed by atoms with Crippen molar-refractivity contribution >= 4 is 34.8 Å². The number of ether oxygens (including phenoxy) is 2. The summed E-state index contributed by atoms with van der Waals surface area (Å²) in [6.07, 6.45) is 0. The van der Waals surface area contributed by atoms with Crippen LogP contribution < -0.4 is 20.1 Å². The van der Waals surface area contributed by atoms with Gasteiger partial charge in [0.1, 0.15) is 19.3 Å². The monoisotopic (exact) mass is 364 g/mol. The predicted octanol–water partition coefficient (Wildman–Crippen LogP) is 3.18. The Bertz CT molecular complexity index is 827. The third kappa shape index (κ3) is 2.40. The molecule has 1 saturated heterocycles. The lowest BCUT2D eigenvalue weighted by atomic mass is 9.88. The Balaban J connectivity index is 1.72. The maximum atomic E-state index is 12.4. The molecule has 0 unspecified atom stereocenters. The lowest BCUT2D eigenvalue weighted by Crippen LogP contribution is -2.63. The number of anilines is 1. The molecule has 2 N–H and O–H groups in total. The largest absolute Gasteiger partial charge is 0.486 e. The molecule has 124 valence electrons. The van der Waals surface area contributed by atoms with Gasteiger partial charge in [-0.1, -0.05) is 29.3 Å². The molecular weight excluding hydrogens is 351 g/mol. The maximum Gasteiger partial charge on any atom is 0.247 e. The van der Waals surface area contributed by atoms with E-state index in [4.69, 9.17) is 38.4 Å². The fourth-order valence-electron chi connectivity index (χ4n) is 3.05. The number of nitrogens with two attached hydrogens (primary N) is 1. The van der Waals surface area contributed by atoms with Gasteiger partial charge in [-0.2, -0.15) is 0 Å². The molecule has 0 bridgehead atoms. The number of hydrogen-bond donors (Lipinski definition) is 1. The normalized spacial score (nSPS) is 22.3. The van der Waals surface area contributed by atoms with Crippen LogP contribution in [-0.2, 0) is 4.79 Å². The number of hydrogen-bond acceptors (Lipinski definition) is 4. The number of carbonyl (C=O) groups excluding carboxylic acids is 1. The van der Waals surface area contributed by atoms with Crippen molar-refractivity contribution in [3.8, 4) is 11.5 Å². The second kappa shape index (κ2) is 5.84. The minimum atomic E-state index is -0.642. The number of rotatable bonds is 2. The first-order valence-corrected chi connectivity index (χ1v) is 8.25. The molecule has 0 aliphatic carbocycles.